The minimum absolute atomic E-state index is 0.0144. The number of ketones is 2. The summed E-state index contributed by atoms with van der Waals surface area (Å²) in [6.07, 6.45) is -1.73. The van der Waals surface area contributed by atoms with Crippen LogP contribution < -0.4 is 0 Å². The second-order valence-electron chi connectivity index (χ2n) is 14.7. The minimum Gasteiger partial charge on any atom is -0.444 e. The van der Waals surface area contributed by atoms with E-state index >= 15 is 0 Å². The number of aromatic nitrogens is 2. The zero-order chi connectivity index (χ0) is 45.6. The van der Waals surface area contributed by atoms with E-state index in [1.807, 2.05) is 36.4 Å². The molecule has 0 bridgehead atoms. The zero-order valence-corrected chi connectivity index (χ0v) is 35.4. The van der Waals surface area contributed by atoms with E-state index in [2.05, 4.69) is 0 Å². The molecule has 0 radical (unpaired) electrons. The molecule has 66 heavy (non-hydrogen) atoms. The number of rotatable bonds is 6. The minimum atomic E-state index is -0.910. The lowest BCUT2D eigenvalue weighted by molar-refractivity contribution is 0.106. The van der Waals surface area contributed by atoms with Crippen LogP contribution in [0.5, 0.6) is 0 Å². The first-order valence-electron chi connectivity index (χ1n) is 19.8. The van der Waals surface area contributed by atoms with Gasteiger partial charge in [0.05, 0.1) is 30.6 Å². The average molecular weight is 897 g/mol. The second kappa shape index (κ2) is 16.4. The Morgan fingerprint density at radius 2 is 1.02 bits per heavy atom. The van der Waals surface area contributed by atoms with E-state index < -0.39 is 23.8 Å². The van der Waals surface area contributed by atoms with Crippen LogP contribution in [-0.4, -0.2) is 44.3 Å². The molecule has 10 rings (SSSR count). The molecule has 0 N–H and O–H groups in total. The predicted molar refractivity (Wildman–Crippen MR) is 247 cm³/mol. The molecule has 0 saturated heterocycles. The topological polar surface area (TPSA) is 216 Å². The third kappa shape index (κ3) is 6.59. The molecular weight excluding hydrogens is 873 g/mol. The van der Waals surface area contributed by atoms with Crippen molar-refractivity contribution in [2.24, 2.45) is 9.98 Å². The monoisotopic (exact) mass is 896 g/mol. The highest BCUT2D eigenvalue weighted by atomic mass is 32.1. The number of ether oxygens (including phenoxy) is 2. The van der Waals surface area contributed by atoms with E-state index in [1.165, 1.54) is 15.9 Å². The van der Waals surface area contributed by atoms with Crippen LogP contribution in [-0.2, 0) is 22.7 Å². The lowest BCUT2D eigenvalue weighted by atomic mass is 10.0. The number of nitrogens with zero attached hydrogens (tertiary/aromatic N) is 8. The molecule has 4 aromatic heterocycles. The maximum atomic E-state index is 14.6. The Morgan fingerprint density at radius 3 is 1.53 bits per heavy atom. The lowest BCUT2D eigenvalue weighted by Crippen LogP contribution is -2.16. The Hall–Kier alpha value is -9.32. The maximum Gasteiger partial charge on any atom is 0.420 e. The predicted octanol–water partition coefficient (Wildman–Crippen LogP) is 10.8. The Bertz CT molecular complexity index is 3750. The standard InChI is InChI=1S/C50H24N8O6S2/c51-21-29(22-52)39-31-15-7-9-17-33(31)45(59)41(39)55-37-20-36-43(58(37)50(62)64-26-28-13-5-2-6-14-28)44-48(65-36)47-35(57(44)49(61)63-25-27-11-3-1-4-12-27)19-38(66-47)56-42-40(30(23-53)24-54)32-16-8-10-18-34(32)46(42)60/h1-20H,25-26H2/b55-41-,56-42-. The molecule has 0 spiro atoms. The van der Waals surface area contributed by atoms with Gasteiger partial charge < -0.3 is 9.47 Å². The summed E-state index contributed by atoms with van der Waals surface area (Å²) in [5, 5.41) is 40.0. The molecule has 4 heterocycles. The highest BCUT2D eigenvalue weighted by Gasteiger charge is 2.37. The summed E-state index contributed by atoms with van der Waals surface area (Å²) >= 11 is 2.34. The van der Waals surface area contributed by atoms with Crippen molar-refractivity contribution >= 4 is 110 Å². The van der Waals surface area contributed by atoms with Crippen molar-refractivity contribution in [3.63, 3.8) is 0 Å². The number of thiophene rings is 2. The van der Waals surface area contributed by atoms with Gasteiger partial charge in [0.2, 0.25) is 11.6 Å². The SMILES string of the molecule is N#CC(C#N)=C1/C(=N/c2cc3c(s2)c2sc4cc(/N=C5\C(=O)c6ccccc6C5=C(C#N)C#N)n(C(=O)OCc5ccccc5)c4c2n3C(=O)OCc2ccccc2)C(=O)c2ccccc21. The second-order valence-corrected chi connectivity index (χ2v) is 16.7. The number of fused-ring (bicyclic) bond motifs is 7. The third-order valence-electron chi connectivity index (χ3n) is 10.9. The summed E-state index contributed by atoms with van der Waals surface area (Å²) in [6, 6.07) is 41.7. The van der Waals surface area contributed by atoms with Gasteiger partial charge in [-0.2, -0.15) is 21.0 Å². The maximum absolute atomic E-state index is 14.6. The molecular formula is C50H24N8O6S2. The smallest absolute Gasteiger partial charge is 0.420 e. The van der Waals surface area contributed by atoms with Gasteiger partial charge in [-0.1, -0.05) is 109 Å². The normalized spacial score (nSPS) is 14.0. The summed E-state index contributed by atoms with van der Waals surface area (Å²) in [6.45, 7) is -0.265. The molecule has 14 nitrogen and oxygen atoms in total. The van der Waals surface area contributed by atoms with E-state index in [1.54, 1.807) is 109 Å². The van der Waals surface area contributed by atoms with Gasteiger partial charge in [-0.05, 0) is 28.3 Å². The van der Waals surface area contributed by atoms with Crippen molar-refractivity contribution in [1.29, 1.82) is 21.0 Å². The van der Waals surface area contributed by atoms with E-state index in [0.717, 1.165) is 15.9 Å². The van der Waals surface area contributed by atoms with Crippen molar-refractivity contribution in [3.05, 3.63) is 166 Å². The van der Waals surface area contributed by atoms with Crippen LogP contribution >= 0.6 is 22.7 Å². The Morgan fingerprint density at radius 1 is 0.545 bits per heavy atom. The molecule has 0 unspecified atom stereocenters. The third-order valence-corrected chi connectivity index (χ3v) is 13.2. The molecule has 0 atom stereocenters. The van der Waals surface area contributed by atoms with Gasteiger partial charge in [0.1, 0.15) is 70.9 Å². The summed E-state index contributed by atoms with van der Waals surface area (Å²) in [4.78, 5) is 66.4. The fourth-order valence-electron chi connectivity index (χ4n) is 8.05. The molecule has 4 aromatic carbocycles. The molecule has 0 amide bonds. The highest BCUT2D eigenvalue weighted by molar-refractivity contribution is 7.32. The van der Waals surface area contributed by atoms with Crippen LogP contribution in [0, 0.1) is 45.3 Å². The van der Waals surface area contributed by atoms with Crippen molar-refractivity contribution < 1.29 is 28.7 Å². The van der Waals surface area contributed by atoms with Crippen LogP contribution in [0.25, 0.3) is 41.8 Å². The van der Waals surface area contributed by atoms with Crippen molar-refractivity contribution in [3.8, 4) is 24.3 Å². The van der Waals surface area contributed by atoms with Crippen LogP contribution in [0.15, 0.2) is 142 Å². The molecule has 0 fully saturated rings. The first-order valence-corrected chi connectivity index (χ1v) is 21.5. The van der Waals surface area contributed by atoms with Gasteiger partial charge in [0.25, 0.3) is 0 Å². The summed E-state index contributed by atoms with van der Waals surface area (Å²) in [5.74, 6) is -1.12. The van der Waals surface area contributed by atoms with Gasteiger partial charge in [0, 0.05) is 28.3 Å². The summed E-state index contributed by atoms with van der Waals surface area (Å²) < 4.78 is 15.8. The van der Waals surface area contributed by atoms with E-state index in [4.69, 9.17) is 19.5 Å². The molecule has 8 aromatic rings. The molecule has 0 aliphatic heterocycles. The quantitative estimate of drug-likeness (QED) is 0.144. The van der Waals surface area contributed by atoms with Crippen LogP contribution in [0.3, 0.4) is 0 Å². The van der Waals surface area contributed by atoms with Gasteiger partial charge in [-0.15, -0.1) is 22.7 Å². The van der Waals surface area contributed by atoms with E-state index in [-0.39, 0.29) is 79.9 Å². The number of carbonyl (C=O) groups is 4. The first-order chi connectivity index (χ1) is 32.2. The fraction of sp³-hybridized carbons (Fsp3) is 0.0400. The number of Topliss-reactive ketones (excluding diaryl/α,β-unsaturated/α-hetero) is 2. The Balaban J connectivity index is 1.21. The molecule has 16 heteroatoms. The molecule has 312 valence electrons. The summed E-state index contributed by atoms with van der Waals surface area (Å²) in [5.41, 5.74) is 2.52. The number of hydrogen-bond donors (Lipinski definition) is 0. The summed E-state index contributed by atoms with van der Waals surface area (Å²) in [7, 11) is 0. The largest absolute Gasteiger partial charge is 0.444 e. The Kier molecular flexibility index (Phi) is 10.1. The van der Waals surface area contributed by atoms with E-state index in [0.29, 0.717) is 41.9 Å². The van der Waals surface area contributed by atoms with Crippen molar-refractivity contribution in [1.82, 2.24) is 9.13 Å². The number of hydrogen-bond acceptors (Lipinski definition) is 14. The van der Waals surface area contributed by atoms with Gasteiger partial charge in [-0.25, -0.2) is 28.7 Å². The lowest BCUT2D eigenvalue weighted by Gasteiger charge is -2.11. The highest BCUT2D eigenvalue weighted by Crippen LogP contribution is 2.49. The van der Waals surface area contributed by atoms with Crippen LogP contribution in [0.2, 0.25) is 0 Å². The fourth-order valence-corrected chi connectivity index (χ4v) is 10.4. The number of carbonyl (C=O) groups excluding carboxylic acids is 4. The van der Waals surface area contributed by atoms with Gasteiger partial charge in [-0.3, -0.25) is 9.59 Å². The molecule has 0 saturated carbocycles. The number of benzene rings is 4. The zero-order valence-electron chi connectivity index (χ0n) is 33.8. The average Bonchev–Trinajstić information content (AvgIpc) is 4.18. The number of nitriles is 4. The van der Waals surface area contributed by atoms with Gasteiger partial charge >= 0.3 is 12.2 Å². The van der Waals surface area contributed by atoms with Gasteiger partial charge in [0.15, 0.2) is 0 Å². The van der Waals surface area contributed by atoms with Crippen molar-refractivity contribution in [2.45, 2.75) is 13.2 Å². The van der Waals surface area contributed by atoms with Crippen LogP contribution in [0.1, 0.15) is 43.0 Å². The van der Waals surface area contributed by atoms with E-state index in [9.17, 15) is 40.2 Å². The van der Waals surface area contributed by atoms with Crippen molar-refractivity contribution in [2.75, 3.05) is 0 Å². The van der Waals surface area contributed by atoms with Crippen LogP contribution in [0.4, 0.5) is 20.4 Å². The molecule has 2 aliphatic rings. The Labute approximate surface area is 381 Å². The number of allylic oxidation sites excluding steroid dienone is 4. The molecule has 2 aliphatic carbocycles. The first kappa shape index (κ1) is 40.7. The number of aliphatic imine (C=N–C) groups is 2.